The zero-order chi connectivity index (χ0) is 14.0. The molecule has 5 nitrogen and oxygen atoms in total. The highest BCUT2D eigenvalue weighted by Crippen LogP contribution is 2.30. The van der Waals surface area contributed by atoms with Gasteiger partial charge in [-0.1, -0.05) is 15.9 Å². The lowest BCUT2D eigenvalue weighted by Crippen LogP contribution is -2.24. The maximum atomic E-state index is 11.9. The van der Waals surface area contributed by atoms with E-state index in [4.69, 9.17) is 0 Å². The summed E-state index contributed by atoms with van der Waals surface area (Å²) in [5.74, 6) is -0.487. The first-order valence-corrected chi connectivity index (χ1v) is 6.96. The molecule has 0 aromatic heterocycles. The Morgan fingerprint density at radius 3 is 2.84 bits per heavy atom. The van der Waals surface area contributed by atoms with Gasteiger partial charge in [-0.25, -0.2) is 4.79 Å². The molecule has 1 amide bonds. The molecule has 1 aromatic carbocycles. The van der Waals surface area contributed by atoms with Gasteiger partial charge in [-0.05, 0) is 18.1 Å². The van der Waals surface area contributed by atoms with Gasteiger partial charge in [-0.2, -0.15) is 0 Å². The zero-order valence-electron chi connectivity index (χ0n) is 10.4. The largest absolute Gasteiger partial charge is 0.507 e. The molecule has 1 heterocycles. The lowest BCUT2D eigenvalue weighted by atomic mass is 10.1. The summed E-state index contributed by atoms with van der Waals surface area (Å²) in [6.07, 6.45) is 0.491. The Bertz CT molecular complexity index is 517. The number of benzene rings is 1. The molecule has 19 heavy (non-hydrogen) atoms. The summed E-state index contributed by atoms with van der Waals surface area (Å²) in [6.45, 7) is 0.612. The SMILES string of the molecule is COC(=O)c1ccc(N2CC(CBr)CC2=O)cc1O. The fourth-order valence-electron chi connectivity index (χ4n) is 2.10. The van der Waals surface area contributed by atoms with Crippen LogP contribution >= 0.6 is 15.9 Å². The van der Waals surface area contributed by atoms with Gasteiger partial charge in [0.25, 0.3) is 0 Å². The molecular formula is C13H14BrNO4. The summed E-state index contributed by atoms with van der Waals surface area (Å²) in [5.41, 5.74) is 0.688. The summed E-state index contributed by atoms with van der Waals surface area (Å²) in [5, 5.41) is 10.6. The Balaban J connectivity index is 2.25. The van der Waals surface area contributed by atoms with Crippen molar-refractivity contribution < 1.29 is 19.4 Å². The van der Waals surface area contributed by atoms with Gasteiger partial charge >= 0.3 is 5.97 Å². The van der Waals surface area contributed by atoms with E-state index in [1.807, 2.05) is 0 Å². The molecule has 1 N–H and O–H groups in total. The van der Waals surface area contributed by atoms with E-state index in [-0.39, 0.29) is 23.1 Å². The number of hydrogen-bond donors (Lipinski definition) is 1. The van der Waals surface area contributed by atoms with Crippen LogP contribution < -0.4 is 4.90 Å². The molecule has 1 unspecified atom stereocenters. The van der Waals surface area contributed by atoms with Gasteiger partial charge in [0.1, 0.15) is 11.3 Å². The van der Waals surface area contributed by atoms with Crippen LogP contribution in [0.4, 0.5) is 5.69 Å². The molecule has 102 valence electrons. The Labute approximate surface area is 119 Å². The summed E-state index contributed by atoms with van der Waals surface area (Å²) < 4.78 is 4.55. The number of methoxy groups -OCH3 is 1. The van der Waals surface area contributed by atoms with Crippen molar-refractivity contribution in [3.8, 4) is 5.75 Å². The first-order valence-electron chi connectivity index (χ1n) is 5.84. The van der Waals surface area contributed by atoms with Crippen molar-refractivity contribution in [3.63, 3.8) is 0 Å². The lowest BCUT2D eigenvalue weighted by molar-refractivity contribution is -0.117. The number of halogens is 1. The van der Waals surface area contributed by atoms with Crippen molar-refractivity contribution in [2.45, 2.75) is 6.42 Å². The molecule has 1 saturated heterocycles. The minimum atomic E-state index is -0.602. The van der Waals surface area contributed by atoms with Crippen LogP contribution in [0.1, 0.15) is 16.8 Å². The molecule has 0 bridgehead atoms. The standard InChI is InChI=1S/C13H14BrNO4/c1-19-13(18)10-3-2-9(5-11(10)16)15-7-8(6-14)4-12(15)17/h2-3,5,8,16H,4,6-7H2,1H3. The van der Waals surface area contributed by atoms with Crippen LogP contribution in [-0.2, 0) is 9.53 Å². The monoisotopic (exact) mass is 327 g/mol. The molecule has 0 spiro atoms. The second-order valence-electron chi connectivity index (χ2n) is 4.42. The van der Waals surface area contributed by atoms with Gasteiger partial charge in [0.05, 0.1) is 7.11 Å². The fourth-order valence-corrected chi connectivity index (χ4v) is 2.54. The maximum absolute atomic E-state index is 11.9. The van der Waals surface area contributed by atoms with Gasteiger partial charge in [-0.3, -0.25) is 4.79 Å². The molecule has 1 aromatic rings. The van der Waals surface area contributed by atoms with Gasteiger partial charge in [-0.15, -0.1) is 0 Å². The van der Waals surface area contributed by atoms with Crippen molar-refractivity contribution in [3.05, 3.63) is 23.8 Å². The minimum Gasteiger partial charge on any atom is -0.507 e. The van der Waals surface area contributed by atoms with E-state index in [9.17, 15) is 14.7 Å². The molecule has 2 rings (SSSR count). The second kappa shape index (κ2) is 5.61. The van der Waals surface area contributed by atoms with Crippen molar-refractivity contribution in [1.82, 2.24) is 0 Å². The summed E-state index contributed by atoms with van der Waals surface area (Å²) >= 11 is 3.37. The first kappa shape index (κ1) is 13.9. The van der Waals surface area contributed by atoms with Crippen LogP contribution in [0.2, 0.25) is 0 Å². The minimum absolute atomic E-state index is 0.0228. The number of rotatable bonds is 3. The Hall–Kier alpha value is -1.56. The molecule has 1 atom stereocenters. The molecule has 1 aliphatic rings. The third-order valence-corrected chi connectivity index (χ3v) is 4.04. The van der Waals surface area contributed by atoms with Crippen molar-refractivity contribution >= 4 is 33.5 Å². The van der Waals surface area contributed by atoms with Gasteiger partial charge < -0.3 is 14.7 Å². The fraction of sp³-hybridized carbons (Fsp3) is 0.385. The van der Waals surface area contributed by atoms with Crippen molar-refractivity contribution in [1.29, 1.82) is 0 Å². The van der Waals surface area contributed by atoms with Gasteiger partial charge in [0.2, 0.25) is 5.91 Å². The van der Waals surface area contributed by atoms with Crippen LogP contribution in [0.3, 0.4) is 0 Å². The Kier molecular flexibility index (Phi) is 4.09. The molecule has 6 heteroatoms. The Morgan fingerprint density at radius 1 is 1.58 bits per heavy atom. The molecular weight excluding hydrogens is 314 g/mol. The predicted octanol–water partition coefficient (Wildman–Crippen LogP) is 1.93. The van der Waals surface area contributed by atoms with Gasteiger partial charge in [0, 0.05) is 30.0 Å². The number of carbonyl (C=O) groups excluding carboxylic acids is 2. The van der Waals surface area contributed by atoms with Crippen molar-refractivity contribution in [2.75, 3.05) is 23.9 Å². The zero-order valence-corrected chi connectivity index (χ0v) is 12.0. The smallest absolute Gasteiger partial charge is 0.341 e. The quantitative estimate of drug-likeness (QED) is 0.680. The number of hydrogen-bond acceptors (Lipinski definition) is 4. The topological polar surface area (TPSA) is 66.8 Å². The van der Waals surface area contributed by atoms with E-state index in [1.165, 1.54) is 19.2 Å². The van der Waals surface area contributed by atoms with E-state index < -0.39 is 5.97 Å². The summed E-state index contributed by atoms with van der Waals surface area (Å²) in [7, 11) is 1.25. The van der Waals surface area contributed by atoms with Crippen LogP contribution in [0, 0.1) is 5.92 Å². The van der Waals surface area contributed by atoms with E-state index in [2.05, 4.69) is 20.7 Å². The summed E-state index contributed by atoms with van der Waals surface area (Å²) in [6, 6.07) is 4.52. The number of aromatic hydroxyl groups is 1. The molecule has 1 fully saturated rings. The number of amides is 1. The average Bonchev–Trinajstić information content (AvgIpc) is 2.79. The molecule has 0 saturated carbocycles. The highest BCUT2D eigenvalue weighted by atomic mass is 79.9. The first-order chi connectivity index (χ1) is 9.06. The normalized spacial score (nSPS) is 18.7. The van der Waals surface area contributed by atoms with Crippen LogP contribution in [0.15, 0.2) is 18.2 Å². The van der Waals surface area contributed by atoms with E-state index in [1.54, 1.807) is 11.0 Å². The van der Waals surface area contributed by atoms with E-state index in [0.717, 1.165) is 5.33 Å². The Morgan fingerprint density at radius 2 is 2.32 bits per heavy atom. The third kappa shape index (κ3) is 2.73. The number of alkyl halides is 1. The number of phenolic OH excluding ortho intramolecular Hbond substituents is 1. The second-order valence-corrected chi connectivity index (χ2v) is 5.07. The molecule has 0 radical (unpaired) electrons. The number of anilines is 1. The van der Waals surface area contributed by atoms with Gasteiger partial charge in [0.15, 0.2) is 0 Å². The molecule has 0 aliphatic carbocycles. The maximum Gasteiger partial charge on any atom is 0.341 e. The van der Waals surface area contributed by atoms with Crippen molar-refractivity contribution in [2.24, 2.45) is 5.92 Å². The molecule has 1 aliphatic heterocycles. The number of ether oxygens (including phenoxy) is 1. The number of esters is 1. The third-order valence-electron chi connectivity index (χ3n) is 3.12. The van der Waals surface area contributed by atoms with E-state index >= 15 is 0 Å². The number of nitrogens with zero attached hydrogens (tertiary/aromatic N) is 1. The average molecular weight is 328 g/mol. The highest BCUT2D eigenvalue weighted by molar-refractivity contribution is 9.09. The van der Waals surface area contributed by atoms with Crippen LogP contribution in [-0.4, -0.2) is 36.0 Å². The number of carbonyl (C=O) groups is 2. The van der Waals surface area contributed by atoms with Crippen LogP contribution in [0.5, 0.6) is 5.75 Å². The lowest BCUT2D eigenvalue weighted by Gasteiger charge is -2.17. The van der Waals surface area contributed by atoms with E-state index in [0.29, 0.717) is 18.7 Å². The number of phenols is 1. The summed E-state index contributed by atoms with van der Waals surface area (Å²) in [4.78, 5) is 24.8. The predicted molar refractivity (Wildman–Crippen MR) is 73.7 cm³/mol. The highest BCUT2D eigenvalue weighted by Gasteiger charge is 2.30. The van der Waals surface area contributed by atoms with Crippen LogP contribution in [0.25, 0.3) is 0 Å².